The van der Waals surface area contributed by atoms with Crippen LogP contribution in [-0.4, -0.2) is 38.3 Å². The van der Waals surface area contributed by atoms with Crippen molar-refractivity contribution in [3.63, 3.8) is 0 Å². The van der Waals surface area contributed by atoms with Crippen molar-refractivity contribution in [1.82, 2.24) is 9.62 Å². The minimum atomic E-state index is -3.57. The normalized spacial score (nSPS) is 17.3. The van der Waals surface area contributed by atoms with E-state index in [0.717, 1.165) is 24.8 Å². The first-order chi connectivity index (χ1) is 15.4. The molecule has 1 aliphatic heterocycles. The first-order valence-corrected chi connectivity index (χ1v) is 12.7. The van der Waals surface area contributed by atoms with Gasteiger partial charge in [-0.1, -0.05) is 60.2 Å². The molecule has 1 aliphatic rings. The standard InChI is InChI=1S/C26H30N2O3S/c1-20-13-15-24(16-14-20)32(30,31)28-18-6-11-23(19-28)26(29)27-17-5-10-22-9-4-8-21-7-2-3-12-25(21)22/h2-4,7-9,12-16,23H,5-6,10-11,17-19H2,1H3,(H,27,29)/t23-/m1/s1. The molecule has 6 heteroatoms. The third-order valence-corrected chi connectivity index (χ3v) is 8.10. The molecule has 1 fully saturated rings. The Morgan fingerprint density at radius 2 is 1.78 bits per heavy atom. The van der Waals surface area contributed by atoms with Crippen LogP contribution in [0.3, 0.4) is 0 Å². The molecule has 1 N–H and O–H groups in total. The Morgan fingerprint density at radius 3 is 2.59 bits per heavy atom. The minimum absolute atomic E-state index is 0.0493. The summed E-state index contributed by atoms with van der Waals surface area (Å²) in [4.78, 5) is 13.0. The monoisotopic (exact) mass is 450 g/mol. The number of carbonyl (C=O) groups excluding carboxylic acids is 1. The highest BCUT2D eigenvalue weighted by Gasteiger charge is 2.33. The number of piperidine rings is 1. The number of fused-ring (bicyclic) bond motifs is 1. The van der Waals surface area contributed by atoms with Crippen LogP contribution in [0.15, 0.2) is 71.6 Å². The lowest BCUT2D eigenvalue weighted by atomic mass is 9.98. The van der Waals surface area contributed by atoms with Crippen molar-refractivity contribution in [1.29, 1.82) is 0 Å². The number of benzene rings is 3. The predicted octanol–water partition coefficient (Wildman–Crippen LogP) is 4.30. The molecule has 0 spiro atoms. The van der Waals surface area contributed by atoms with Gasteiger partial charge in [-0.3, -0.25) is 4.79 Å². The topological polar surface area (TPSA) is 66.5 Å². The number of nitrogens with one attached hydrogen (secondary N) is 1. The van der Waals surface area contributed by atoms with E-state index in [1.54, 1.807) is 24.3 Å². The van der Waals surface area contributed by atoms with Crippen LogP contribution in [0.4, 0.5) is 0 Å². The van der Waals surface area contributed by atoms with E-state index < -0.39 is 10.0 Å². The highest BCUT2D eigenvalue weighted by Crippen LogP contribution is 2.24. The second kappa shape index (κ2) is 9.84. The van der Waals surface area contributed by atoms with Crippen LogP contribution in [0.1, 0.15) is 30.4 Å². The van der Waals surface area contributed by atoms with E-state index in [1.165, 1.54) is 20.6 Å². The first-order valence-electron chi connectivity index (χ1n) is 11.3. The number of carbonyl (C=O) groups is 1. The zero-order valence-corrected chi connectivity index (χ0v) is 19.3. The quantitative estimate of drug-likeness (QED) is 0.546. The molecule has 0 unspecified atom stereocenters. The molecule has 1 heterocycles. The fourth-order valence-corrected chi connectivity index (χ4v) is 5.90. The second-order valence-electron chi connectivity index (χ2n) is 8.55. The van der Waals surface area contributed by atoms with E-state index in [-0.39, 0.29) is 18.4 Å². The summed E-state index contributed by atoms with van der Waals surface area (Å²) in [5.74, 6) is -0.353. The molecule has 0 saturated carbocycles. The summed E-state index contributed by atoms with van der Waals surface area (Å²) in [5.41, 5.74) is 2.30. The summed E-state index contributed by atoms with van der Waals surface area (Å²) in [6.07, 6.45) is 3.15. The molecule has 1 amide bonds. The summed E-state index contributed by atoms with van der Waals surface area (Å²) >= 11 is 0. The summed E-state index contributed by atoms with van der Waals surface area (Å²) < 4.78 is 27.4. The van der Waals surface area contributed by atoms with Crippen molar-refractivity contribution in [2.75, 3.05) is 19.6 Å². The van der Waals surface area contributed by atoms with Gasteiger partial charge in [-0.25, -0.2) is 8.42 Å². The first kappa shape index (κ1) is 22.5. The molecule has 4 rings (SSSR count). The van der Waals surface area contributed by atoms with E-state index in [4.69, 9.17) is 0 Å². The maximum absolute atomic E-state index is 13.0. The molecule has 168 valence electrons. The second-order valence-corrected chi connectivity index (χ2v) is 10.5. The maximum Gasteiger partial charge on any atom is 0.243 e. The van der Waals surface area contributed by atoms with Gasteiger partial charge < -0.3 is 5.32 Å². The fourth-order valence-electron chi connectivity index (χ4n) is 4.38. The zero-order valence-electron chi connectivity index (χ0n) is 18.5. The molecule has 5 nitrogen and oxygen atoms in total. The van der Waals surface area contributed by atoms with Crippen LogP contribution in [0, 0.1) is 12.8 Å². The molecule has 32 heavy (non-hydrogen) atoms. The van der Waals surface area contributed by atoms with Crippen LogP contribution in [0.5, 0.6) is 0 Å². The van der Waals surface area contributed by atoms with Crippen molar-refractivity contribution >= 4 is 26.7 Å². The number of rotatable bonds is 7. The third-order valence-electron chi connectivity index (χ3n) is 6.22. The van der Waals surface area contributed by atoms with Crippen LogP contribution >= 0.6 is 0 Å². The Hall–Kier alpha value is -2.70. The summed E-state index contributed by atoms with van der Waals surface area (Å²) in [7, 11) is -3.57. The number of aryl methyl sites for hydroxylation is 2. The molecule has 1 saturated heterocycles. The van der Waals surface area contributed by atoms with E-state index in [2.05, 4.69) is 35.6 Å². The van der Waals surface area contributed by atoms with Gasteiger partial charge in [0, 0.05) is 19.6 Å². The van der Waals surface area contributed by atoms with E-state index in [9.17, 15) is 13.2 Å². The van der Waals surface area contributed by atoms with E-state index in [1.807, 2.05) is 19.1 Å². The predicted molar refractivity (Wildman–Crippen MR) is 128 cm³/mol. The number of hydrogen-bond donors (Lipinski definition) is 1. The highest BCUT2D eigenvalue weighted by atomic mass is 32.2. The zero-order chi connectivity index (χ0) is 22.6. The van der Waals surface area contributed by atoms with Gasteiger partial charge in [-0.15, -0.1) is 0 Å². The Labute approximate surface area is 190 Å². The highest BCUT2D eigenvalue weighted by molar-refractivity contribution is 7.89. The lowest BCUT2D eigenvalue weighted by Crippen LogP contribution is -2.45. The average Bonchev–Trinajstić information content (AvgIpc) is 2.82. The van der Waals surface area contributed by atoms with Crippen molar-refractivity contribution in [3.05, 3.63) is 77.9 Å². The van der Waals surface area contributed by atoms with Crippen molar-refractivity contribution in [3.8, 4) is 0 Å². The Kier molecular flexibility index (Phi) is 6.92. The summed E-state index contributed by atoms with van der Waals surface area (Å²) in [5, 5.41) is 5.51. The Bertz CT molecular complexity index is 1180. The minimum Gasteiger partial charge on any atom is -0.356 e. The Balaban J connectivity index is 1.31. The molecule has 0 aliphatic carbocycles. The average molecular weight is 451 g/mol. The summed E-state index contributed by atoms with van der Waals surface area (Å²) in [6, 6.07) is 21.5. The number of sulfonamides is 1. The van der Waals surface area contributed by atoms with Gasteiger partial charge in [0.15, 0.2) is 0 Å². The fraction of sp³-hybridized carbons (Fsp3) is 0.346. The third kappa shape index (κ3) is 5.03. The van der Waals surface area contributed by atoms with Crippen LogP contribution in [0.25, 0.3) is 10.8 Å². The van der Waals surface area contributed by atoms with Gasteiger partial charge in [0.25, 0.3) is 0 Å². The largest absolute Gasteiger partial charge is 0.356 e. The maximum atomic E-state index is 13.0. The lowest BCUT2D eigenvalue weighted by Gasteiger charge is -2.31. The molecule has 3 aromatic carbocycles. The number of nitrogens with zero attached hydrogens (tertiary/aromatic N) is 1. The van der Waals surface area contributed by atoms with Crippen LogP contribution in [-0.2, 0) is 21.2 Å². The van der Waals surface area contributed by atoms with Crippen molar-refractivity contribution in [2.45, 2.75) is 37.5 Å². The van der Waals surface area contributed by atoms with E-state index in [0.29, 0.717) is 24.4 Å². The van der Waals surface area contributed by atoms with Gasteiger partial charge in [0.05, 0.1) is 10.8 Å². The smallest absolute Gasteiger partial charge is 0.243 e. The van der Waals surface area contributed by atoms with Gasteiger partial charge >= 0.3 is 0 Å². The van der Waals surface area contributed by atoms with Crippen LogP contribution < -0.4 is 5.32 Å². The Morgan fingerprint density at radius 1 is 1.03 bits per heavy atom. The molecule has 3 aromatic rings. The molecular weight excluding hydrogens is 420 g/mol. The van der Waals surface area contributed by atoms with Crippen molar-refractivity contribution in [2.24, 2.45) is 5.92 Å². The summed E-state index contributed by atoms with van der Waals surface area (Å²) in [6.45, 7) is 3.22. The SMILES string of the molecule is Cc1ccc(S(=O)(=O)N2CCC[C@@H](C(=O)NCCCc3cccc4ccccc34)C2)cc1. The number of amides is 1. The molecular formula is C26H30N2O3S. The van der Waals surface area contributed by atoms with Crippen molar-refractivity contribution < 1.29 is 13.2 Å². The lowest BCUT2D eigenvalue weighted by molar-refractivity contribution is -0.126. The van der Waals surface area contributed by atoms with Gasteiger partial charge in [0.1, 0.15) is 0 Å². The molecule has 1 atom stereocenters. The van der Waals surface area contributed by atoms with Gasteiger partial charge in [-0.05, 0) is 61.1 Å². The molecule has 0 radical (unpaired) electrons. The molecule has 0 bridgehead atoms. The number of hydrogen-bond acceptors (Lipinski definition) is 3. The van der Waals surface area contributed by atoms with Gasteiger partial charge in [0.2, 0.25) is 15.9 Å². The van der Waals surface area contributed by atoms with Crippen LogP contribution in [0.2, 0.25) is 0 Å². The van der Waals surface area contributed by atoms with Gasteiger partial charge in [-0.2, -0.15) is 4.31 Å². The van der Waals surface area contributed by atoms with E-state index >= 15 is 0 Å². The molecule has 0 aromatic heterocycles.